The summed E-state index contributed by atoms with van der Waals surface area (Å²) in [5.41, 5.74) is 2.35. The number of anilines is 2. The SMILES string of the molecule is Cc1nc2nsnc2cc1Nc1ncc2c(n1)n(C1(C#N)CCOCC1)c(=O)n2C. The first kappa shape index (κ1) is 18.6. The fourth-order valence-corrected chi connectivity index (χ4v) is 4.19. The van der Waals surface area contributed by atoms with E-state index in [0.717, 1.165) is 17.4 Å². The highest BCUT2D eigenvalue weighted by Gasteiger charge is 2.38. The number of aromatic nitrogens is 7. The van der Waals surface area contributed by atoms with Crippen molar-refractivity contribution in [3.63, 3.8) is 0 Å². The summed E-state index contributed by atoms with van der Waals surface area (Å²) in [5.74, 6) is 0.300. The molecule has 11 nitrogen and oxygen atoms in total. The van der Waals surface area contributed by atoms with E-state index in [1.54, 1.807) is 13.2 Å². The molecular formula is C18H17N9O2S. The molecule has 0 atom stereocenters. The van der Waals surface area contributed by atoms with Crippen LogP contribution in [-0.4, -0.2) is 46.0 Å². The maximum Gasteiger partial charge on any atom is 0.331 e. The average molecular weight is 423 g/mol. The topological polar surface area (TPSA) is 136 Å². The molecular weight excluding hydrogens is 406 g/mol. The van der Waals surface area contributed by atoms with Gasteiger partial charge < -0.3 is 10.1 Å². The summed E-state index contributed by atoms with van der Waals surface area (Å²) in [5, 5.41) is 13.1. The third kappa shape index (κ3) is 2.74. The number of rotatable bonds is 3. The zero-order chi connectivity index (χ0) is 20.9. The van der Waals surface area contributed by atoms with Gasteiger partial charge in [-0.15, -0.1) is 0 Å². The predicted molar refractivity (Wildman–Crippen MR) is 110 cm³/mol. The van der Waals surface area contributed by atoms with Crippen LogP contribution >= 0.6 is 11.7 Å². The average Bonchev–Trinajstić information content (AvgIpc) is 3.31. The lowest BCUT2D eigenvalue weighted by Gasteiger charge is -2.31. The Balaban J connectivity index is 1.64. The lowest BCUT2D eigenvalue weighted by molar-refractivity contribution is 0.0448. The molecule has 5 rings (SSSR count). The number of nitrogens with one attached hydrogen (secondary N) is 1. The van der Waals surface area contributed by atoms with Gasteiger partial charge in [-0.3, -0.25) is 9.13 Å². The first-order chi connectivity index (χ1) is 14.5. The Morgan fingerprint density at radius 2 is 2.10 bits per heavy atom. The van der Waals surface area contributed by atoms with Gasteiger partial charge in [0, 0.05) is 33.1 Å². The fraction of sp³-hybridized carbons (Fsp3) is 0.389. The molecule has 30 heavy (non-hydrogen) atoms. The smallest absolute Gasteiger partial charge is 0.331 e. The second-order valence-electron chi connectivity index (χ2n) is 7.19. The number of hydrogen-bond donors (Lipinski definition) is 1. The summed E-state index contributed by atoms with van der Waals surface area (Å²) in [7, 11) is 1.65. The van der Waals surface area contributed by atoms with Crippen molar-refractivity contribution in [1.29, 1.82) is 5.26 Å². The maximum absolute atomic E-state index is 13.0. The molecule has 1 aliphatic rings. The van der Waals surface area contributed by atoms with Gasteiger partial charge in [-0.25, -0.2) is 14.8 Å². The van der Waals surface area contributed by atoms with Crippen LogP contribution in [0.2, 0.25) is 0 Å². The van der Waals surface area contributed by atoms with Gasteiger partial charge in [0.2, 0.25) is 5.95 Å². The van der Waals surface area contributed by atoms with Crippen molar-refractivity contribution in [3.8, 4) is 6.07 Å². The van der Waals surface area contributed by atoms with Gasteiger partial charge in [0.05, 0.1) is 35.4 Å². The van der Waals surface area contributed by atoms with E-state index < -0.39 is 5.54 Å². The van der Waals surface area contributed by atoms with Crippen LogP contribution in [0.3, 0.4) is 0 Å². The van der Waals surface area contributed by atoms with Crippen molar-refractivity contribution >= 4 is 45.7 Å². The second-order valence-corrected chi connectivity index (χ2v) is 7.72. The van der Waals surface area contributed by atoms with Crippen LogP contribution in [0, 0.1) is 18.3 Å². The summed E-state index contributed by atoms with van der Waals surface area (Å²) in [4.78, 5) is 26.4. The number of nitrogens with zero attached hydrogens (tertiary/aromatic N) is 8. The molecule has 0 aliphatic carbocycles. The Kier molecular flexibility index (Phi) is 4.23. The summed E-state index contributed by atoms with van der Waals surface area (Å²) in [6.07, 6.45) is 2.43. The van der Waals surface area contributed by atoms with E-state index in [1.807, 2.05) is 13.0 Å². The Hall–Kier alpha value is -3.43. The van der Waals surface area contributed by atoms with Gasteiger partial charge in [-0.2, -0.15) is 19.0 Å². The standard InChI is InChI=1S/C18H17N9O2S/c1-10-11(7-12-14(21-10)25-30-24-12)22-16-20-8-13-15(23-16)27(17(28)26(13)2)18(9-19)3-5-29-6-4-18/h7-8H,3-6H2,1-2H3,(H,20,22,23). The van der Waals surface area contributed by atoms with Crippen LogP contribution < -0.4 is 11.0 Å². The van der Waals surface area contributed by atoms with Crippen molar-refractivity contribution in [2.24, 2.45) is 7.05 Å². The quantitative estimate of drug-likeness (QED) is 0.521. The van der Waals surface area contributed by atoms with E-state index in [4.69, 9.17) is 4.74 Å². The largest absolute Gasteiger partial charge is 0.381 e. The number of nitriles is 1. The molecule has 1 fully saturated rings. The normalized spacial score (nSPS) is 16.0. The van der Waals surface area contributed by atoms with E-state index in [9.17, 15) is 10.1 Å². The Morgan fingerprint density at radius 1 is 1.30 bits per heavy atom. The van der Waals surface area contributed by atoms with Crippen molar-refractivity contribution < 1.29 is 4.74 Å². The van der Waals surface area contributed by atoms with E-state index in [2.05, 4.69) is 35.1 Å². The highest BCUT2D eigenvalue weighted by molar-refractivity contribution is 7.00. The van der Waals surface area contributed by atoms with E-state index in [0.29, 0.717) is 60.0 Å². The minimum absolute atomic E-state index is 0.298. The zero-order valence-electron chi connectivity index (χ0n) is 16.3. The minimum atomic E-state index is -0.997. The second kappa shape index (κ2) is 6.82. The van der Waals surface area contributed by atoms with Crippen LogP contribution in [0.5, 0.6) is 0 Å². The van der Waals surface area contributed by atoms with Crippen molar-refractivity contribution in [3.05, 3.63) is 28.4 Å². The molecule has 0 aromatic carbocycles. The Bertz CT molecular complexity index is 1370. The van der Waals surface area contributed by atoms with Crippen LogP contribution in [0.25, 0.3) is 22.3 Å². The van der Waals surface area contributed by atoms with E-state index in [-0.39, 0.29) is 5.69 Å². The number of hydrogen-bond acceptors (Lipinski definition) is 10. The van der Waals surface area contributed by atoms with Crippen molar-refractivity contribution in [1.82, 2.24) is 32.8 Å². The molecule has 0 radical (unpaired) electrons. The molecule has 5 heterocycles. The molecule has 152 valence electrons. The molecule has 0 amide bonds. The minimum Gasteiger partial charge on any atom is -0.381 e. The Morgan fingerprint density at radius 3 is 2.87 bits per heavy atom. The summed E-state index contributed by atoms with van der Waals surface area (Å²) in [6, 6.07) is 4.18. The highest BCUT2D eigenvalue weighted by Crippen LogP contribution is 2.30. The van der Waals surface area contributed by atoms with E-state index >= 15 is 0 Å². The van der Waals surface area contributed by atoms with Gasteiger partial charge in [0.25, 0.3) is 0 Å². The summed E-state index contributed by atoms with van der Waals surface area (Å²) in [6.45, 7) is 2.68. The zero-order valence-corrected chi connectivity index (χ0v) is 17.1. The first-order valence-corrected chi connectivity index (χ1v) is 10.1. The molecule has 0 unspecified atom stereocenters. The van der Waals surface area contributed by atoms with Gasteiger partial charge in [0.1, 0.15) is 16.6 Å². The molecule has 1 aliphatic heterocycles. The predicted octanol–water partition coefficient (Wildman–Crippen LogP) is 1.61. The lowest BCUT2D eigenvalue weighted by atomic mass is 9.91. The molecule has 1 N–H and O–H groups in total. The molecule has 0 bridgehead atoms. The lowest BCUT2D eigenvalue weighted by Crippen LogP contribution is -2.44. The molecule has 12 heteroatoms. The van der Waals surface area contributed by atoms with E-state index in [1.165, 1.54) is 9.13 Å². The summed E-state index contributed by atoms with van der Waals surface area (Å²) < 4.78 is 16.7. The number of imidazole rings is 1. The first-order valence-electron chi connectivity index (χ1n) is 9.33. The highest BCUT2D eigenvalue weighted by atomic mass is 32.1. The third-order valence-corrected chi connectivity index (χ3v) is 5.98. The molecule has 4 aromatic heterocycles. The van der Waals surface area contributed by atoms with Crippen molar-refractivity contribution in [2.45, 2.75) is 25.3 Å². The number of pyridine rings is 1. The number of fused-ring (bicyclic) bond motifs is 2. The van der Waals surface area contributed by atoms with Gasteiger partial charge in [0.15, 0.2) is 11.3 Å². The summed E-state index contributed by atoms with van der Waals surface area (Å²) >= 11 is 1.10. The van der Waals surface area contributed by atoms with Crippen LogP contribution in [0.1, 0.15) is 18.5 Å². The third-order valence-electron chi connectivity index (χ3n) is 5.44. The number of aryl methyl sites for hydroxylation is 2. The number of ether oxygens (including phenoxy) is 1. The maximum atomic E-state index is 13.0. The monoisotopic (exact) mass is 423 g/mol. The Labute approximate surface area is 174 Å². The fourth-order valence-electron chi connectivity index (χ4n) is 3.72. The molecule has 0 saturated carbocycles. The van der Waals surface area contributed by atoms with Crippen LogP contribution in [0.4, 0.5) is 11.6 Å². The molecule has 1 saturated heterocycles. The van der Waals surface area contributed by atoms with Gasteiger partial charge in [-0.1, -0.05) is 0 Å². The molecule has 0 spiro atoms. The molecule has 4 aromatic rings. The van der Waals surface area contributed by atoms with Crippen LogP contribution in [-0.2, 0) is 17.3 Å². The van der Waals surface area contributed by atoms with Gasteiger partial charge >= 0.3 is 5.69 Å². The van der Waals surface area contributed by atoms with Crippen molar-refractivity contribution in [2.75, 3.05) is 18.5 Å². The van der Waals surface area contributed by atoms with Crippen LogP contribution in [0.15, 0.2) is 17.1 Å². The van der Waals surface area contributed by atoms with Gasteiger partial charge in [-0.05, 0) is 13.0 Å².